The first kappa shape index (κ1) is 34.1. The molecule has 4 heterocycles. The topological polar surface area (TPSA) is 144 Å². The Kier molecular flexibility index (Phi) is 12.3. The fourth-order valence-electron chi connectivity index (χ4n) is 4.53. The molecule has 0 radical (unpaired) electrons. The predicted molar refractivity (Wildman–Crippen MR) is 162 cm³/mol. The van der Waals surface area contributed by atoms with Crippen molar-refractivity contribution in [2.75, 3.05) is 11.9 Å². The van der Waals surface area contributed by atoms with Crippen LogP contribution >= 0.6 is 0 Å². The molecule has 1 amide bonds. The molecular weight excluding hydrogens is 573 g/mol. The Morgan fingerprint density at radius 3 is 2.48 bits per heavy atom. The van der Waals surface area contributed by atoms with Gasteiger partial charge in [0.1, 0.15) is 17.9 Å². The largest absolute Gasteiger partial charge is 0.387 e. The van der Waals surface area contributed by atoms with Crippen LogP contribution in [0, 0.1) is 11.3 Å². The molecular formula is C31H39F3N8O2. The summed E-state index contributed by atoms with van der Waals surface area (Å²) in [5.74, 6) is -0.457. The van der Waals surface area contributed by atoms with Gasteiger partial charge in [0.2, 0.25) is 0 Å². The van der Waals surface area contributed by atoms with Crippen LogP contribution in [0.5, 0.6) is 0 Å². The highest BCUT2D eigenvalue weighted by molar-refractivity contribution is 6.00. The average molecular weight is 613 g/mol. The normalized spacial score (nSPS) is 14.1. The van der Waals surface area contributed by atoms with Crippen LogP contribution in [-0.4, -0.2) is 60.2 Å². The van der Waals surface area contributed by atoms with E-state index in [1.165, 1.54) is 44.9 Å². The minimum Gasteiger partial charge on any atom is -0.387 e. The summed E-state index contributed by atoms with van der Waals surface area (Å²) in [7, 11) is 0. The van der Waals surface area contributed by atoms with Crippen molar-refractivity contribution in [3.63, 3.8) is 0 Å². The van der Waals surface area contributed by atoms with E-state index in [-0.39, 0.29) is 18.3 Å². The molecule has 4 aromatic rings. The molecule has 44 heavy (non-hydrogen) atoms. The maximum absolute atomic E-state index is 14.2. The zero-order chi connectivity index (χ0) is 32.3. The molecule has 1 fully saturated rings. The Hall–Kier alpha value is -4.44. The van der Waals surface area contributed by atoms with Crippen molar-refractivity contribution in [3.8, 4) is 17.5 Å². The van der Waals surface area contributed by atoms with Crippen LogP contribution < -0.4 is 10.6 Å². The van der Waals surface area contributed by atoms with E-state index in [1.54, 1.807) is 10.6 Å². The number of alkyl halides is 3. The third-order valence-electron chi connectivity index (χ3n) is 6.97. The van der Waals surface area contributed by atoms with Gasteiger partial charge in [0.05, 0.1) is 52.1 Å². The van der Waals surface area contributed by atoms with Gasteiger partial charge in [0.15, 0.2) is 0 Å². The number of halogens is 3. The van der Waals surface area contributed by atoms with Crippen LogP contribution in [-0.2, 0) is 0 Å². The van der Waals surface area contributed by atoms with Gasteiger partial charge in [-0.3, -0.25) is 14.9 Å². The number of nitrogens with zero attached hydrogens (tertiary/aromatic N) is 5. The van der Waals surface area contributed by atoms with Crippen molar-refractivity contribution in [1.29, 1.82) is 5.26 Å². The molecule has 10 nitrogen and oxygen atoms in total. The van der Waals surface area contributed by atoms with E-state index in [2.05, 4.69) is 37.0 Å². The van der Waals surface area contributed by atoms with Crippen LogP contribution in [0.25, 0.3) is 16.9 Å². The molecule has 5 rings (SSSR count). The fourth-order valence-corrected chi connectivity index (χ4v) is 4.53. The van der Waals surface area contributed by atoms with Crippen molar-refractivity contribution in [2.24, 2.45) is 0 Å². The van der Waals surface area contributed by atoms with Crippen LogP contribution in [0.4, 0.5) is 18.9 Å². The second kappa shape index (κ2) is 15.9. The zero-order valence-electron chi connectivity index (χ0n) is 25.3. The summed E-state index contributed by atoms with van der Waals surface area (Å²) in [6, 6.07) is 10.8. The van der Waals surface area contributed by atoms with Gasteiger partial charge in [-0.15, -0.1) is 0 Å². The van der Waals surface area contributed by atoms with Gasteiger partial charge in [0, 0.05) is 18.4 Å². The minimum atomic E-state index is -2.43. The Morgan fingerprint density at radius 2 is 1.89 bits per heavy atom. The van der Waals surface area contributed by atoms with Gasteiger partial charge >= 0.3 is 0 Å². The molecule has 236 valence electrons. The number of aromatic amines is 1. The number of aromatic nitrogens is 5. The molecule has 1 aliphatic rings. The summed E-state index contributed by atoms with van der Waals surface area (Å²) < 4.78 is 38.9. The van der Waals surface area contributed by atoms with Gasteiger partial charge in [-0.25, -0.2) is 17.7 Å². The number of anilines is 1. The van der Waals surface area contributed by atoms with E-state index < -0.39 is 24.1 Å². The smallest absolute Gasteiger partial charge is 0.279 e. The van der Waals surface area contributed by atoms with Gasteiger partial charge in [0.25, 0.3) is 12.3 Å². The molecule has 0 saturated heterocycles. The lowest BCUT2D eigenvalue weighted by Gasteiger charge is -2.26. The van der Waals surface area contributed by atoms with E-state index in [9.17, 15) is 23.1 Å². The number of nitrogens with one attached hydrogen (secondary N) is 3. The monoisotopic (exact) mass is 612 g/mol. The van der Waals surface area contributed by atoms with Crippen LogP contribution in [0.3, 0.4) is 0 Å². The number of pyridine rings is 1. The van der Waals surface area contributed by atoms with Crippen molar-refractivity contribution in [1.82, 2.24) is 30.1 Å². The molecule has 0 aromatic carbocycles. The number of hydrogen-bond donors (Lipinski definition) is 4. The van der Waals surface area contributed by atoms with Gasteiger partial charge in [-0.2, -0.15) is 15.5 Å². The highest BCUT2D eigenvalue weighted by Crippen LogP contribution is 2.28. The van der Waals surface area contributed by atoms with Crippen molar-refractivity contribution < 1.29 is 23.1 Å². The molecule has 1 saturated carbocycles. The number of carbonyl (C=O) groups is 1. The summed E-state index contributed by atoms with van der Waals surface area (Å²) in [6.07, 6.45) is 5.71. The van der Waals surface area contributed by atoms with E-state index in [1.807, 2.05) is 32.0 Å². The van der Waals surface area contributed by atoms with E-state index in [0.29, 0.717) is 22.5 Å². The molecule has 1 atom stereocenters. The third kappa shape index (κ3) is 9.03. The quantitative estimate of drug-likeness (QED) is 0.185. The summed E-state index contributed by atoms with van der Waals surface area (Å²) in [5, 5.41) is 34.9. The first-order valence-corrected chi connectivity index (χ1v) is 14.6. The van der Waals surface area contributed by atoms with Gasteiger partial charge in [-0.05, 0) is 57.0 Å². The van der Waals surface area contributed by atoms with Crippen molar-refractivity contribution in [3.05, 3.63) is 65.7 Å². The molecule has 13 heteroatoms. The molecule has 0 bridgehead atoms. The molecule has 0 spiro atoms. The first-order chi connectivity index (χ1) is 21.1. The summed E-state index contributed by atoms with van der Waals surface area (Å²) >= 11 is 0. The average Bonchev–Trinajstić information content (AvgIpc) is 3.72. The fraction of sp³-hybridized carbons (Fsp3) is 0.452. The SMILES string of the molecule is CC.CC(C)(O)C(F)CNC(=O)c1cnc(-c2ccc3cc(C#N)cnn23)cc1NC1CCCCC1.FC(F)c1ccn[nH]1. The molecule has 4 aromatic heterocycles. The molecule has 1 aliphatic carbocycles. The van der Waals surface area contributed by atoms with Crippen LogP contribution in [0.1, 0.15) is 87.8 Å². The standard InChI is InChI=1S/C25H29FN6O2.C4H4F2N2.C2H6/c1-25(2,34)23(26)15-29-24(33)19-14-28-21(11-20(19)31-17-6-4-3-5-7-17)22-9-8-18-10-16(12-27)13-30-32(18)22;5-4(6)3-1-2-7-8-3;1-2/h8-11,13-14,17,23,34H,3-7,15H2,1-2H3,(H,28,31)(H,29,33);1-2,4H,(H,7,8);1-2H3. The Morgan fingerprint density at radius 1 is 1.16 bits per heavy atom. The number of rotatable bonds is 8. The van der Waals surface area contributed by atoms with E-state index in [0.717, 1.165) is 36.9 Å². The lowest BCUT2D eigenvalue weighted by atomic mass is 9.95. The highest BCUT2D eigenvalue weighted by atomic mass is 19.3. The zero-order valence-corrected chi connectivity index (χ0v) is 25.3. The first-order valence-electron chi connectivity index (χ1n) is 14.6. The number of carbonyl (C=O) groups excluding carboxylic acids is 1. The van der Waals surface area contributed by atoms with Crippen LogP contribution in [0.2, 0.25) is 0 Å². The lowest BCUT2D eigenvalue weighted by molar-refractivity contribution is -0.00177. The maximum Gasteiger partial charge on any atom is 0.279 e. The highest BCUT2D eigenvalue weighted by Gasteiger charge is 2.27. The predicted octanol–water partition coefficient (Wildman–Crippen LogP) is 6.22. The number of H-pyrrole nitrogens is 1. The number of nitriles is 1. The molecule has 4 N–H and O–H groups in total. The molecule has 1 unspecified atom stereocenters. The van der Waals surface area contributed by atoms with Gasteiger partial charge < -0.3 is 15.7 Å². The number of fused-ring (bicyclic) bond motifs is 1. The minimum absolute atomic E-state index is 0.134. The second-order valence-electron chi connectivity index (χ2n) is 10.6. The third-order valence-corrected chi connectivity index (χ3v) is 6.97. The van der Waals surface area contributed by atoms with E-state index >= 15 is 0 Å². The number of hydrogen-bond acceptors (Lipinski definition) is 7. The van der Waals surface area contributed by atoms with Crippen molar-refractivity contribution in [2.45, 2.75) is 84.0 Å². The molecule has 0 aliphatic heterocycles. The Bertz CT molecular complexity index is 1520. The second-order valence-corrected chi connectivity index (χ2v) is 10.6. The Balaban J connectivity index is 0.000000454. The Labute approximate surface area is 254 Å². The lowest BCUT2D eigenvalue weighted by Crippen LogP contribution is -2.42. The maximum atomic E-state index is 14.2. The van der Waals surface area contributed by atoms with Crippen molar-refractivity contribution >= 4 is 17.1 Å². The summed E-state index contributed by atoms with van der Waals surface area (Å²) in [4.78, 5) is 17.4. The van der Waals surface area contributed by atoms with E-state index in [4.69, 9.17) is 5.26 Å². The number of aliphatic hydroxyl groups is 1. The summed E-state index contributed by atoms with van der Waals surface area (Å²) in [6.45, 7) is 6.43. The number of amides is 1. The van der Waals surface area contributed by atoms with Gasteiger partial charge in [-0.1, -0.05) is 33.1 Å². The summed E-state index contributed by atoms with van der Waals surface area (Å²) in [5.41, 5.74) is 1.83. The van der Waals surface area contributed by atoms with Crippen LogP contribution in [0.15, 0.2) is 48.9 Å².